The molecule has 0 spiro atoms. The van der Waals surface area contributed by atoms with Gasteiger partial charge in [-0.15, -0.1) is 6.58 Å². The molecule has 6 nitrogen and oxygen atoms in total. The summed E-state index contributed by atoms with van der Waals surface area (Å²) < 4.78 is 52.1. The van der Waals surface area contributed by atoms with Crippen molar-refractivity contribution in [2.45, 2.75) is 11.4 Å². The lowest BCUT2D eigenvalue weighted by Crippen LogP contribution is -2.16. The Morgan fingerprint density at radius 2 is 2.00 bits per heavy atom. The molecule has 1 heterocycles. The highest BCUT2D eigenvalue weighted by atomic mass is 32.2. The fourth-order valence-electron chi connectivity index (χ4n) is 2.43. The Labute approximate surface area is 156 Å². The van der Waals surface area contributed by atoms with Gasteiger partial charge in [0.15, 0.2) is 4.80 Å². The molecule has 1 aromatic heterocycles. The maximum Gasteiger partial charge on any atom is 0.282 e. The quantitative estimate of drug-likeness (QED) is 0.671. The summed E-state index contributed by atoms with van der Waals surface area (Å²) in [6.07, 6.45) is 1.57. The van der Waals surface area contributed by atoms with Crippen LogP contribution in [0.1, 0.15) is 10.4 Å². The van der Waals surface area contributed by atoms with Crippen LogP contribution < -0.4 is 9.94 Å². The third-order valence-electron chi connectivity index (χ3n) is 3.65. The van der Waals surface area contributed by atoms with Crippen molar-refractivity contribution in [1.29, 1.82) is 0 Å². The van der Waals surface area contributed by atoms with Crippen LogP contribution in [0.25, 0.3) is 10.2 Å². The van der Waals surface area contributed by atoms with Crippen LogP contribution >= 0.6 is 11.3 Å². The molecule has 2 aromatic carbocycles. The second-order valence-electron chi connectivity index (χ2n) is 5.50. The predicted molar refractivity (Wildman–Crippen MR) is 97.6 cm³/mol. The van der Waals surface area contributed by atoms with Crippen molar-refractivity contribution < 1.29 is 22.0 Å². The number of halogens is 2. The Morgan fingerprint density at radius 3 is 2.63 bits per heavy atom. The minimum absolute atomic E-state index is 0.0792. The van der Waals surface area contributed by atoms with Gasteiger partial charge in [0, 0.05) is 12.6 Å². The van der Waals surface area contributed by atoms with Crippen LogP contribution in [-0.2, 0) is 16.6 Å². The summed E-state index contributed by atoms with van der Waals surface area (Å²) in [5, 5.41) is 5.14. The summed E-state index contributed by atoms with van der Waals surface area (Å²) in [5.74, 6) is -2.71. The summed E-state index contributed by atoms with van der Waals surface area (Å²) in [7, 11) is -3.89. The van der Waals surface area contributed by atoms with Crippen molar-refractivity contribution in [3.63, 3.8) is 0 Å². The van der Waals surface area contributed by atoms with Crippen LogP contribution in [0.4, 0.5) is 8.78 Å². The lowest BCUT2D eigenvalue weighted by molar-refractivity contribution is 0.0994. The average molecular weight is 409 g/mol. The van der Waals surface area contributed by atoms with Gasteiger partial charge >= 0.3 is 0 Å². The van der Waals surface area contributed by atoms with Crippen LogP contribution in [0.15, 0.2) is 58.9 Å². The maximum absolute atomic E-state index is 13.8. The van der Waals surface area contributed by atoms with E-state index in [0.29, 0.717) is 16.3 Å². The number of hydrogen-bond acceptors (Lipinski definition) is 4. The molecule has 3 rings (SSSR count). The number of sulfonamides is 1. The summed E-state index contributed by atoms with van der Waals surface area (Å²) in [6, 6.07) is 6.83. The van der Waals surface area contributed by atoms with Crippen molar-refractivity contribution in [3.05, 3.63) is 71.1 Å². The molecule has 0 fully saturated rings. The zero-order valence-electron chi connectivity index (χ0n) is 13.7. The topological polar surface area (TPSA) is 94.5 Å². The van der Waals surface area contributed by atoms with E-state index in [2.05, 4.69) is 11.6 Å². The van der Waals surface area contributed by atoms with Crippen LogP contribution in [0.2, 0.25) is 0 Å². The fraction of sp³-hybridized carbons (Fsp3) is 0.0588. The van der Waals surface area contributed by atoms with Gasteiger partial charge in [-0.25, -0.2) is 22.3 Å². The monoisotopic (exact) mass is 409 g/mol. The second-order valence-corrected chi connectivity index (χ2v) is 8.07. The molecule has 3 aromatic rings. The van der Waals surface area contributed by atoms with Crippen LogP contribution in [0.5, 0.6) is 0 Å². The molecule has 0 saturated carbocycles. The van der Waals surface area contributed by atoms with Crippen molar-refractivity contribution in [2.75, 3.05) is 0 Å². The number of nitrogens with two attached hydrogens (primary N) is 1. The minimum atomic E-state index is -3.89. The number of nitrogens with zero attached hydrogens (tertiary/aromatic N) is 2. The Morgan fingerprint density at radius 1 is 1.26 bits per heavy atom. The number of carbonyl (C=O) groups is 1. The van der Waals surface area contributed by atoms with Gasteiger partial charge < -0.3 is 4.57 Å². The molecule has 0 aliphatic carbocycles. The zero-order valence-corrected chi connectivity index (χ0v) is 15.4. The molecule has 1 amide bonds. The van der Waals surface area contributed by atoms with E-state index < -0.39 is 27.6 Å². The molecule has 0 bridgehead atoms. The Hall–Kier alpha value is -2.69. The molecule has 0 saturated heterocycles. The number of rotatable bonds is 4. The van der Waals surface area contributed by atoms with E-state index in [9.17, 15) is 22.0 Å². The summed E-state index contributed by atoms with van der Waals surface area (Å²) >= 11 is 1.04. The number of amides is 1. The SMILES string of the molecule is C=CCn1c(=NC(=O)c2ccc(F)cc2F)sc2cc(S(N)(=O)=O)ccc21. The first kappa shape index (κ1) is 19.1. The number of allylic oxidation sites excluding steroid dienone is 1. The highest BCUT2D eigenvalue weighted by Crippen LogP contribution is 2.21. The van der Waals surface area contributed by atoms with E-state index in [-0.39, 0.29) is 21.8 Å². The summed E-state index contributed by atoms with van der Waals surface area (Å²) in [5.41, 5.74) is 0.239. The Balaban J connectivity index is 2.19. The largest absolute Gasteiger partial charge is 0.312 e. The molecule has 0 unspecified atom stereocenters. The molecule has 0 radical (unpaired) electrons. The van der Waals surface area contributed by atoms with Crippen molar-refractivity contribution in [1.82, 2.24) is 4.57 Å². The maximum atomic E-state index is 13.8. The Bertz CT molecular complexity index is 1240. The number of hydrogen-bond donors (Lipinski definition) is 1. The lowest BCUT2D eigenvalue weighted by atomic mass is 10.2. The lowest BCUT2D eigenvalue weighted by Gasteiger charge is -2.02. The van der Waals surface area contributed by atoms with E-state index in [4.69, 9.17) is 5.14 Å². The molecule has 10 heteroatoms. The van der Waals surface area contributed by atoms with Gasteiger partial charge in [-0.05, 0) is 30.3 Å². The van der Waals surface area contributed by atoms with Gasteiger partial charge in [-0.2, -0.15) is 4.99 Å². The molecule has 0 aliphatic rings. The molecular weight excluding hydrogens is 396 g/mol. The third kappa shape index (κ3) is 3.87. The standard InChI is InChI=1S/C17H13F2N3O3S2/c1-2-7-22-14-6-4-11(27(20,24)25)9-15(14)26-17(22)21-16(23)12-5-3-10(18)8-13(12)19/h2-6,8-9H,1,7H2,(H2,20,24,25). The van der Waals surface area contributed by atoms with Crippen LogP contribution in [0.3, 0.4) is 0 Å². The van der Waals surface area contributed by atoms with E-state index in [1.54, 1.807) is 10.6 Å². The number of primary sulfonamides is 1. The molecule has 27 heavy (non-hydrogen) atoms. The molecule has 0 atom stereocenters. The van der Waals surface area contributed by atoms with E-state index in [1.165, 1.54) is 18.2 Å². The molecule has 140 valence electrons. The van der Waals surface area contributed by atoms with Crippen LogP contribution in [-0.4, -0.2) is 18.9 Å². The fourth-order valence-corrected chi connectivity index (χ4v) is 4.12. The van der Waals surface area contributed by atoms with Crippen molar-refractivity contribution in [3.8, 4) is 0 Å². The van der Waals surface area contributed by atoms with Gasteiger partial charge in [0.2, 0.25) is 10.0 Å². The number of carbonyl (C=O) groups excluding carboxylic acids is 1. The van der Waals surface area contributed by atoms with Gasteiger partial charge in [0.05, 0.1) is 20.7 Å². The minimum Gasteiger partial charge on any atom is -0.312 e. The third-order valence-corrected chi connectivity index (χ3v) is 5.61. The average Bonchev–Trinajstić information content (AvgIpc) is 2.91. The first-order chi connectivity index (χ1) is 12.7. The van der Waals surface area contributed by atoms with Gasteiger partial charge in [0.25, 0.3) is 5.91 Å². The number of thiazole rings is 1. The zero-order chi connectivity index (χ0) is 19.8. The van der Waals surface area contributed by atoms with E-state index in [1.807, 2.05) is 0 Å². The van der Waals surface area contributed by atoms with Gasteiger partial charge in [-0.3, -0.25) is 4.79 Å². The number of aromatic nitrogens is 1. The highest BCUT2D eigenvalue weighted by Gasteiger charge is 2.15. The van der Waals surface area contributed by atoms with Crippen LogP contribution in [0, 0.1) is 11.6 Å². The summed E-state index contributed by atoms with van der Waals surface area (Å²) in [6.45, 7) is 3.93. The molecular formula is C17H13F2N3O3S2. The first-order valence-corrected chi connectivity index (χ1v) is 9.88. The van der Waals surface area contributed by atoms with Crippen molar-refractivity contribution in [2.24, 2.45) is 10.1 Å². The van der Waals surface area contributed by atoms with E-state index >= 15 is 0 Å². The summed E-state index contributed by atoms with van der Waals surface area (Å²) in [4.78, 5) is 16.4. The number of fused-ring (bicyclic) bond motifs is 1. The highest BCUT2D eigenvalue weighted by molar-refractivity contribution is 7.89. The normalized spacial score (nSPS) is 12.5. The predicted octanol–water partition coefficient (Wildman–Crippen LogP) is 2.56. The first-order valence-electron chi connectivity index (χ1n) is 7.52. The second kappa shape index (κ2) is 7.14. The van der Waals surface area contributed by atoms with Crippen molar-refractivity contribution >= 4 is 37.5 Å². The number of benzene rings is 2. The van der Waals surface area contributed by atoms with Gasteiger partial charge in [-0.1, -0.05) is 17.4 Å². The van der Waals surface area contributed by atoms with Gasteiger partial charge in [0.1, 0.15) is 11.6 Å². The molecule has 2 N–H and O–H groups in total. The molecule has 0 aliphatic heterocycles. The Kier molecular flexibility index (Phi) is 5.05. The van der Waals surface area contributed by atoms with E-state index in [0.717, 1.165) is 23.5 Å². The smallest absolute Gasteiger partial charge is 0.282 e.